The first-order valence-electron chi connectivity index (χ1n) is 9.02. The molecule has 1 atom stereocenters. The highest BCUT2D eigenvalue weighted by atomic mass is 19.4. The van der Waals surface area contributed by atoms with Crippen LogP contribution in [0.4, 0.5) is 18.9 Å². The van der Waals surface area contributed by atoms with Crippen LogP contribution in [-0.4, -0.2) is 53.0 Å². The molecule has 1 aromatic heterocycles. The van der Waals surface area contributed by atoms with Gasteiger partial charge in [-0.25, -0.2) is 4.98 Å². The van der Waals surface area contributed by atoms with Crippen LogP contribution in [0.1, 0.15) is 25.6 Å². The average molecular weight is 398 g/mol. The Hall–Kier alpha value is -2.62. The Morgan fingerprint density at radius 1 is 1.39 bits per heavy atom. The smallest absolute Gasteiger partial charge is 0.449 e. The highest BCUT2D eigenvalue weighted by molar-refractivity contribution is 5.94. The molecule has 3 rings (SSSR count). The van der Waals surface area contributed by atoms with E-state index in [1.54, 1.807) is 6.92 Å². The number of hydrogen-bond acceptors (Lipinski definition) is 5. The molecule has 10 heteroatoms. The largest absolute Gasteiger partial charge is 0.466 e. The number of hydrogen-bond donors (Lipinski definition) is 2. The number of carbonyl (C=O) groups is 2. The van der Waals surface area contributed by atoms with Crippen molar-refractivity contribution < 1.29 is 27.5 Å². The third kappa shape index (κ3) is 4.80. The fourth-order valence-corrected chi connectivity index (χ4v) is 3.28. The fourth-order valence-electron chi connectivity index (χ4n) is 3.28. The average Bonchev–Trinajstić information content (AvgIpc) is 3.06. The molecule has 1 amide bonds. The molecular formula is C18H21F3N4O3. The molecule has 0 saturated carbocycles. The lowest BCUT2D eigenvalue weighted by Gasteiger charge is -2.30. The van der Waals surface area contributed by atoms with Crippen molar-refractivity contribution in [3.05, 3.63) is 24.0 Å². The first-order valence-corrected chi connectivity index (χ1v) is 9.02. The van der Waals surface area contributed by atoms with E-state index < -0.39 is 12.0 Å². The number of benzene rings is 1. The topological polar surface area (TPSA) is 87.3 Å². The van der Waals surface area contributed by atoms with Gasteiger partial charge in [-0.2, -0.15) is 13.2 Å². The maximum absolute atomic E-state index is 12.7. The lowest BCUT2D eigenvalue weighted by Crippen LogP contribution is -2.43. The van der Waals surface area contributed by atoms with Crippen LogP contribution in [0, 0.1) is 5.92 Å². The summed E-state index contributed by atoms with van der Waals surface area (Å²) in [6, 6.07) is 4.32. The Bertz CT molecular complexity index is 865. The van der Waals surface area contributed by atoms with Crippen LogP contribution in [0.2, 0.25) is 0 Å². The van der Waals surface area contributed by atoms with E-state index in [0.717, 1.165) is 12.8 Å². The van der Waals surface area contributed by atoms with Gasteiger partial charge in [0.1, 0.15) is 0 Å². The maximum atomic E-state index is 12.7. The number of aromatic amines is 1. The predicted molar refractivity (Wildman–Crippen MR) is 95.5 cm³/mol. The van der Waals surface area contributed by atoms with Crippen LogP contribution < -0.4 is 5.32 Å². The van der Waals surface area contributed by atoms with Crippen LogP contribution in [0.5, 0.6) is 0 Å². The van der Waals surface area contributed by atoms with Gasteiger partial charge in [0.05, 0.1) is 30.1 Å². The molecule has 2 heterocycles. The number of nitrogens with one attached hydrogen (secondary N) is 2. The molecule has 1 aliphatic rings. The van der Waals surface area contributed by atoms with E-state index >= 15 is 0 Å². The molecule has 28 heavy (non-hydrogen) atoms. The molecule has 1 aromatic carbocycles. The standard InChI is InChI=1S/C18H21F3N4O3/c1-2-28-16(27)11-4-3-7-25(9-11)10-15(26)22-12-5-6-13-14(8-12)24-17(23-13)18(19,20)21/h5-6,8,11H,2-4,7,9-10H2,1H3,(H,22,26)(H,23,24). The number of imidazole rings is 1. The molecule has 0 spiro atoms. The van der Waals surface area contributed by atoms with Crippen LogP contribution in [0.3, 0.4) is 0 Å². The molecule has 1 fully saturated rings. The summed E-state index contributed by atoms with van der Waals surface area (Å²) in [7, 11) is 0. The van der Waals surface area contributed by atoms with Crippen molar-refractivity contribution in [1.82, 2.24) is 14.9 Å². The van der Waals surface area contributed by atoms with Gasteiger partial charge in [-0.05, 0) is 44.5 Å². The number of rotatable bonds is 5. The summed E-state index contributed by atoms with van der Waals surface area (Å²) < 4.78 is 43.2. The first kappa shape index (κ1) is 20.1. The van der Waals surface area contributed by atoms with Gasteiger partial charge < -0.3 is 15.0 Å². The molecule has 1 unspecified atom stereocenters. The van der Waals surface area contributed by atoms with Crippen LogP contribution in [0.15, 0.2) is 18.2 Å². The van der Waals surface area contributed by atoms with E-state index in [2.05, 4.69) is 15.3 Å². The summed E-state index contributed by atoms with van der Waals surface area (Å²) in [5.74, 6) is -1.88. The molecule has 2 N–H and O–H groups in total. The van der Waals surface area contributed by atoms with Gasteiger partial charge in [-0.3, -0.25) is 14.5 Å². The van der Waals surface area contributed by atoms with E-state index in [0.29, 0.717) is 25.4 Å². The Balaban J connectivity index is 1.60. The first-order chi connectivity index (χ1) is 13.3. The molecule has 0 bridgehead atoms. The monoisotopic (exact) mass is 398 g/mol. The van der Waals surface area contributed by atoms with E-state index in [-0.39, 0.29) is 35.4 Å². The molecule has 1 aliphatic heterocycles. The minimum absolute atomic E-state index is 0.0880. The van der Waals surface area contributed by atoms with E-state index in [1.807, 2.05) is 4.90 Å². The number of likely N-dealkylation sites (tertiary alicyclic amines) is 1. The van der Waals surface area contributed by atoms with E-state index in [4.69, 9.17) is 4.74 Å². The highest BCUT2D eigenvalue weighted by Crippen LogP contribution is 2.29. The zero-order chi connectivity index (χ0) is 20.3. The summed E-state index contributed by atoms with van der Waals surface area (Å²) >= 11 is 0. The van der Waals surface area contributed by atoms with E-state index in [9.17, 15) is 22.8 Å². The molecule has 1 saturated heterocycles. The van der Waals surface area contributed by atoms with Gasteiger partial charge in [0.2, 0.25) is 11.7 Å². The highest BCUT2D eigenvalue weighted by Gasteiger charge is 2.34. The van der Waals surface area contributed by atoms with Crippen molar-refractivity contribution in [2.75, 3.05) is 31.6 Å². The number of anilines is 1. The second kappa shape index (κ2) is 8.17. The number of amides is 1. The van der Waals surface area contributed by atoms with Crippen molar-refractivity contribution in [3.8, 4) is 0 Å². The Kier molecular flexibility index (Phi) is 5.87. The number of ether oxygens (including phenoxy) is 1. The number of carbonyl (C=O) groups excluding carboxylic acids is 2. The number of nitrogens with zero attached hydrogens (tertiary/aromatic N) is 2. The third-order valence-corrected chi connectivity index (χ3v) is 4.53. The van der Waals surface area contributed by atoms with Crippen molar-refractivity contribution >= 4 is 28.6 Å². The molecule has 152 valence electrons. The van der Waals surface area contributed by atoms with Gasteiger partial charge in [0.15, 0.2) is 0 Å². The molecule has 0 radical (unpaired) electrons. The van der Waals surface area contributed by atoms with Crippen LogP contribution in [0.25, 0.3) is 11.0 Å². The van der Waals surface area contributed by atoms with Crippen molar-refractivity contribution in [2.45, 2.75) is 25.9 Å². The van der Waals surface area contributed by atoms with Gasteiger partial charge in [-0.1, -0.05) is 0 Å². The van der Waals surface area contributed by atoms with Crippen molar-refractivity contribution in [3.63, 3.8) is 0 Å². The zero-order valence-corrected chi connectivity index (χ0v) is 15.3. The van der Waals surface area contributed by atoms with Crippen LogP contribution in [-0.2, 0) is 20.5 Å². The normalized spacial score (nSPS) is 18.2. The number of H-pyrrole nitrogens is 1. The molecule has 7 nitrogen and oxygen atoms in total. The lowest BCUT2D eigenvalue weighted by molar-refractivity contribution is -0.150. The van der Waals surface area contributed by atoms with Crippen molar-refractivity contribution in [2.24, 2.45) is 5.92 Å². The summed E-state index contributed by atoms with van der Waals surface area (Å²) in [5.41, 5.74) is 0.720. The summed E-state index contributed by atoms with van der Waals surface area (Å²) in [6.45, 7) is 3.30. The summed E-state index contributed by atoms with van der Waals surface area (Å²) in [4.78, 5) is 31.8. The Labute approximate surface area is 159 Å². The lowest BCUT2D eigenvalue weighted by atomic mass is 9.98. The van der Waals surface area contributed by atoms with Crippen LogP contribution >= 0.6 is 0 Å². The Morgan fingerprint density at radius 2 is 2.18 bits per heavy atom. The minimum Gasteiger partial charge on any atom is -0.466 e. The van der Waals surface area contributed by atoms with Crippen molar-refractivity contribution in [1.29, 1.82) is 0 Å². The number of fused-ring (bicyclic) bond motifs is 1. The number of esters is 1. The number of piperidine rings is 1. The Morgan fingerprint density at radius 3 is 2.89 bits per heavy atom. The van der Waals surface area contributed by atoms with Gasteiger partial charge in [-0.15, -0.1) is 0 Å². The molecular weight excluding hydrogens is 377 g/mol. The second-order valence-electron chi connectivity index (χ2n) is 6.69. The molecule has 0 aliphatic carbocycles. The van der Waals surface area contributed by atoms with E-state index in [1.165, 1.54) is 18.2 Å². The fraction of sp³-hybridized carbons (Fsp3) is 0.500. The second-order valence-corrected chi connectivity index (χ2v) is 6.69. The SMILES string of the molecule is CCOC(=O)C1CCCN(CC(=O)Nc2ccc3nc(C(F)(F)F)[nH]c3c2)C1. The van der Waals surface area contributed by atoms with Gasteiger partial charge >= 0.3 is 12.1 Å². The summed E-state index contributed by atoms with van der Waals surface area (Å²) in [6.07, 6.45) is -3.04. The summed E-state index contributed by atoms with van der Waals surface area (Å²) in [5, 5.41) is 2.67. The number of alkyl halides is 3. The number of aromatic nitrogens is 2. The maximum Gasteiger partial charge on any atom is 0.449 e. The predicted octanol–water partition coefficient (Wildman–Crippen LogP) is 2.80. The van der Waals surface area contributed by atoms with Gasteiger partial charge in [0.25, 0.3) is 0 Å². The third-order valence-electron chi connectivity index (χ3n) is 4.53. The zero-order valence-electron chi connectivity index (χ0n) is 15.3. The van der Waals surface area contributed by atoms with Gasteiger partial charge in [0, 0.05) is 12.2 Å². The number of halogens is 3. The minimum atomic E-state index is -4.56. The quantitative estimate of drug-likeness (QED) is 0.757. The molecule has 2 aromatic rings.